The molecule has 0 unspecified atom stereocenters. The van der Waals surface area contributed by atoms with E-state index in [2.05, 4.69) is 23.2 Å². The second-order valence-electron chi connectivity index (χ2n) is 5.41. The van der Waals surface area contributed by atoms with Gasteiger partial charge in [0.2, 0.25) is 0 Å². The zero-order valence-electron chi connectivity index (χ0n) is 12.0. The third-order valence-electron chi connectivity index (χ3n) is 3.85. The summed E-state index contributed by atoms with van der Waals surface area (Å²) in [6, 6.07) is 7.83. The van der Waals surface area contributed by atoms with Gasteiger partial charge in [-0.15, -0.1) is 0 Å². The largest absolute Gasteiger partial charge is 0.370 e. The lowest BCUT2D eigenvalue weighted by Gasteiger charge is -2.32. The number of hydrogen-bond donors (Lipinski definition) is 1. The van der Waals surface area contributed by atoms with Crippen molar-refractivity contribution in [1.82, 2.24) is 5.32 Å². The normalized spacial score (nSPS) is 15.8. The molecule has 0 saturated carbocycles. The van der Waals surface area contributed by atoms with Gasteiger partial charge in [0.05, 0.1) is 11.3 Å². The second kappa shape index (κ2) is 7.52. The van der Waals surface area contributed by atoms with Crippen molar-refractivity contribution in [3.63, 3.8) is 0 Å². The maximum Gasteiger partial charge on any atom is 0.101 e. The molecule has 20 heavy (non-hydrogen) atoms. The van der Waals surface area contributed by atoms with Crippen LogP contribution in [0.5, 0.6) is 0 Å². The van der Waals surface area contributed by atoms with Gasteiger partial charge in [-0.25, -0.2) is 0 Å². The van der Waals surface area contributed by atoms with Gasteiger partial charge in [0.1, 0.15) is 6.07 Å². The molecule has 2 rings (SSSR count). The molecule has 0 radical (unpaired) electrons. The number of rotatable bonds is 5. The van der Waals surface area contributed by atoms with Crippen LogP contribution in [0.15, 0.2) is 18.2 Å². The van der Waals surface area contributed by atoms with Crippen LogP contribution in [0.3, 0.4) is 0 Å². The Morgan fingerprint density at radius 1 is 1.40 bits per heavy atom. The molecule has 4 heteroatoms. The lowest BCUT2D eigenvalue weighted by Crippen LogP contribution is -2.37. The Hall–Kier alpha value is -1.24. The average Bonchev–Trinajstić information content (AvgIpc) is 2.48. The van der Waals surface area contributed by atoms with Gasteiger partial charge in [0, 0.05) is 18.1 Å². The van der Waals surface area contributed by atoms with Crippen LogP contribution >= 0.6 is 11.6 Å². The molecule has 0 bridgehead atoms. The highest BCUT2D eigenvalue weighted by Gasteiger charge is 2.19. The monoisotopic (exact) mass is 291 g/mol. The Morgan fingerprint density at radius 2 is 2.15 bits per heavy atom. The fourth-order valence-corrected chi connectivity index (χ4v) is 2.98. The minimum atomic E-state index is 0.699. The number of anilines is 1. The van der Waals surface area contributed by atoms with Gasteiger partial charge in [-0.2, -0.15) is 5.26 Å². The zero-order valence-corrected chi connectivity index (χ0v) is 12.8. The Morgan fingerprint density at radius 3 is 2.80 bits per heavy atom. The van der Waals surface area contributed by atoms with Crippen molar-refractivity contribution >= 4 is 17.3 Å². The van der Waals surface area contributed by atoms with Crippen molar-refractivity contribution < 1.29 is 0 Å². The van der Waals surface area contributed by atoms with Gasteiger partial charge in [-0.05, 0) is 56.5 Å². The maximum atomic E-state index is 9.30. The number of hydrogen-bond acceptors (Lipinski definition) is 3. The van der Waals surface area contributed by atoms with E-state index in [1.165, 1.54) is 12.8 Å². The van der Waals surface area contributed by atoms with E-state index in [0.29, 0.717) is 10.9 Å². The molecule has 1 N–H and O–H groups in total. The highest BCUT2D eigenvalue weighted by molar-refractivity contribution is 6.30. The summed E-state index contributed by atoms with van der Waals surface area (Å²) in [7, 11) is 0. The Kier molecular flexibility index (Phi) is 5.70. The Balaban J connectivity index is 2.18. The van der Waals surface area contributed by atoms with Crippen molar-refractivity contribution in [3.05, 3.63) is 28.8 Å². The number of benzene rings is 1. The van der Waals surface area contributed by atoms with Crippen LogP contribution in [0.4, 0.5) is 5.69 Å². The van der Waals surface area contributed by atoms with Gasteiger partial charge >= 0.3 is 0 Å². The van der Waals surface area contributed by atoms with Crippen molar-refractivity contribution in [1.29, 1.82) is 5.26 Å². The van der Waals surface area contributed by atoms with Gasteiger partial charge < -0.3 is 10.2 Å². The van der Waals surface area contributed by atoms with Gasteiger partial charge in [0.15, 0.2) is 0 Å². The number of nitrogens with zero attached hydrogens (tertiary/aromatic N) is 2. The smallest absolute Gasteiger partial charge is 0.101 e. The van der Waals surface area contributed by atoms with E-state index in [9.17, 15) is 5.26 Å². The van der Waals surface area contributed by atoms with Crippen LogP contribution < -0.4 is 10.2 Å². The van der Waals surface area contributed by atoms with E-state index in [1.807, 2.05) is 12.1 Å². The molecule has 1 aromatic rings. The molecular weight excluding hydrogens is 270 g/mol. The van der Waals surface area contributed by atoms with Gasteiger partial charge in [-0.1, -0.05) is 18.5 Å². The first-order valence-corrected chi connectivity index (χ1v) is 7.77. The van der Waals surface area contributed by atoms with Crippen molar-refractivity contribution in [3.8, 4) is 6.07 Å². The second-order valence-corrected chi connectivity index (χ2v) is 5.85. The molecule has 1 aliphatic heterocycles. The average molecular weight is 292 g/mol. The summed E-state index contributed by atoms with van der Waals surface area (Å²) >= 11 is 6.11. The van der Waals surface area contributed by atoms with E-state index in [1.54, 1.807) is 6.07 Å². The maximum absolute atomic E-state index is 9.30. The summed E-state index contributed by atoms with van der Waals surface area (Å²) in [5.41, 5.74) is 1.71. The van der Waals surface area contributed by atoms with E-state index in [0.717, 1.165) is 43.9 Å². The molecule has 3 nitrogen and oxygen atoms in total. The number of halogens is 1. The molecule has 0 atom stereocenters. The van der Waals surface area contributed by atoms with Crippen LogP contribution in [0, 0.1) is 17.2 Å². The summed E-state index contributed by atoms with van der Waals surface area (Å²) in [6.07, 6.45) is 3.49. The highest BCUT2D eigenvalue weighted by Crippen LogP contribution is 2.27. The molecule has 0 aromatic heterocycles. The molecule has 1 aromatic carbocycles. The molecule has 0 aliphatic carbocycles. The van der Waals surface area contributed by atoms with Gasteiger partial charge in [-0.3, -0.25) is 0 Å². The topological polar surface area (TPSA) is 39.1 Å². The predicted octanol–water partition coefficient (Wildman–Crippen LogP) is 3.43. The van der Waals surface area contributed by atoms with E-state index >= 15 is 0 Å². The molecule has 1 heterocycles. The highest BCUT2D eigenvalue weighted by atomic mass is 35.5. The summed E-state index contributed by atoms with van der Waals surface area (Å²) in [4.78, 5) is 2.33. The van der Waals surface area contributed by atoms with Crippen molar-refractivity contribution in [2.45, 2.75) is 26.2 Å². The molecule has 1 saturated heterocycles. The SMILES string of the molecule is CCCN(CC1CCNCC1)c1cc(Cl)ccc1C#N. The standard InChI is InChI=1S/C16H22ClN3/c1-2-9-20(12-13-5-7-19-8-6-13)16-10-15(17)4-3-14(16)11-18/h3-4,10,13,19H,2,5-9,12H2,1H3. The van der Waals surface area contributed by atoms with Crippen LogP contribution in [0.25, 0.3) is 0 Å². The number of nitrogens with one attached hydrogen (secondary N) is 1. The number of nitriles is 1. The third-order valence-corrected chi connectivity index (χ3v) is 4.09. The summed E-state index contributed by atoms with van der Waals surface area (Å²) in [5.74, 6) is 0.702. The first kappa shape index (κ1) is 15.2. The fourth-order valence-electron chi connectivity index (χ4n) is 2.82. The Bertz CT molecular complexity index is 475. The summed E-state index contributed by atoms with van der Waals surface area (Å²) < 4.78 is 0. The lowest BCUT2D eigenvalue weighted by molar-refractivity contribution is 0.373. The minimum Gasteiger partial charge on any atom is -0.370 e. The fraction of sp³-hybridized carbons (Fsp3) is 0.562. The molecule has 1 aliphatic rings. The summed E-state index contributed by atoms with van der Waals surface area (Å²) in [5, 5.41) is 13.4. The van der Waals surface area contributed by atoms with E-state index < -0.39 is 0 Å². The van der Waals surface area contributed by atoms with Crippen LogP contribution in [-0.4, -0.2) is 26.2 Å². The lowest BCUT2D eigenvalue weighted by atomic mass is 9.97. The molecule has 0 spiro atoms. The Labute approximate surface area is 126 Å². The molecule has 1 fully saturated rings. The molecule has 0 amide bonds. The first-order chi connectivity index (χ1) is 9.74. The summed E-state index contributed by atoms with van der Waals surface area (Å²) in [6.45, 7) is 6.37. The predicted molar refractivity (Wildman–Crippen MR) is 84.3 cm³/mol. The van der Waals surface area contributed by atoms with Gasteiger partial charge in [0.25, 0.3) is 0 Å². The minimum absolute atomic E-state index is 0.699. The van der Waals surface area contributed by atoms with Crippen LogP contribution in [0.1, 0.15) is 31.7 Å². The quantitative estimate of drug-likeness (QED) is 0.903. The van der Waals surface area contributed by atoms with Crippen molar-refractivity contribution in [2.24, 2.45) is 5.92 Å². The molecular formula is C16H22ClN3. The van der Waals surface area contributed by atoms with Crippen LogP contribution in [0.2, 0.25) is 5.02 Å². The molecule has 108 valence electrons. The third kappa shape index (κ3) is 3.88. The zero-order chi connectivity index (χ0) is 14.4. The van der Waals surface area contributed by atoms with Crippen LogP contribution in [-0.2, 0) is 0 Å². The van der Waals surface area contributed by atoms with Crippen molar-refractivity contribution in [2.75, 3.05) is 31.1 Å². The van der Waals surface area contributed by atoms with E-state index in [-0.39, 0.29) is 0 Å². The van der Waals surface area contributed by atoms with E-state index in [4.69, 9.17) is 11.6 Å². The first-order valence-electron chi connectivity index (χ1n) is 7.40. The number of piperidine rings is 1.